The number of nitrogens with zero attached hydrogens (tertiary/aromatic N) is 2. The molecule has 2 heterocycles. The zero-order valence-electron chi connectivity index (χ0n) is 14.3. The first-order chi connectivity index (χ1) is 12.6. The maximum atomic E-state index is 12.2. The summed E-state index contributed by atoms with van der Waals surface area (Å²) in [6.07, 6.45) is 2.99. The first-order valence-electron chi connectivity index (χ1n) is 7.80. The molecule has 3 aromatic rings. The number of methoxy groups -OCH3 is 1. The number of ether oxygens (including phenoxy) is 2. The molecule has 0 aliphatic carbocycles. The summed E-state index contributed by atoms with van der Waals surface area (Å²) < 4.78 is 22.3. The summed E-state index contributed by atoms with van der Waals surface area (Å²) in [4.78, 5) is 23.2. The van der Waals surface area contributed by atoms with E-state index in [1.54, 1.807) is 37.4 Å². The third kappa shape index (κ3) is 4.06. The molecule has 1 atom stereocenters. The number of hydrogen-bond donors (Lipinski definition) is 2. The number of aromatic amines is 1. The summed E-state index contributed by atoms with van der Waals surface area (Å²) in [5, 5.41) is 3.56. The van der Waals surface area contributed by atoms with Crippen LogP contribution >= 0.6 is 0 Å². The quantitative estimate of drug-likeness (QED) is 0.480. The molecule has 0 bridgehead atoms. The molecule has 2 N–H and O–H groups in total. The third-order valence-corrected chi connectivity index (χ3v) is 4.23. The predicted octanol–water partition coefficient (Wildman–Crippen LogP) is 1.82. The van der Waals surface area contributed by atoms with Crippen molar-refractivity contribution in [1.82, 2.24) is 15.0 Å². The maximum absolute atomic E-state index is 12.2. The SMILES string of the molecule is COCCOc1ccc(Nc2nc(S(C)=O)nc3cc[nH]c(=O)c23)cc1. The average Bonchev–Trinajstić information content (AvgIpc) is 2.63. The third-order valence-electron chi connectivity index (χ3n) is 3.53. The smallest absolute Gasteiger partial charge is 0.261 e. The molecule has 0 aliphatic heterocycles. The summed E-state index contributed by atoms with van der Waals surface area (Å²) >= 11 is 0. The lowest BCUT2D eigenvalue weighted by molar-refractivity contribution is 0.146. The van der Waals surface area contributed by atoms with Crippen LogP contribution in [0.5, 0.6) is 5.75 Å². The van der Waals surface area contributed by atoms with Crippen LogP contribution in [0.2, 0.25) is 0 Å². The van der Waals surface area contributed by atoms with Crippen LogP contribution in [0.15, 0.2) is 46.5 Å². The molecule has 0 amide bonds. The molecule has 0 aliphatic rings. The Kier molecular flexibility index (Phi) is 5.59. The Hall–Kier alpha value is -2.78. The minimum atomic E-state index is -1.37. The van der Waals surface area contributed by atoms with Crippen LogP contribution in [0.4, 0.5) is 11.5 Å². The molecule has 2 aromatic heterocycles. The van der Waals surface area contributed by atoms with Gasteiger partial charge in [-0.1, -0.05) is 0 Å². The largest absolute Gasteiger partial charge is 0.491 e. The van der Waals surface area contributed by atoms with Gasteiger partial charge in [-0.15, -0.1) is 0 Å². The monoisotopic (exact) mass is 374 g/mol. The highest BCUT2D eigenvalue weighted by Gasteiger charge is 2.13. The van der Waals surface area contributed by atoms with E-state index in [1.807, 2.05) is 0 Å². The van der Waals surface area contributed by atoms with Crippen molar-refractivity contribution in [2.75, 3.05) is 31.9 Å². The molecule has 136 valence electrons. The normalized spacial score (nSPS) is 12.1. The average molecular weight is 374 g/mol. The number of rotatable bonds is 7. The lowest BCUT2D eigenvalue weighted by Gasteiger charge is -2.10. The molecule has 0 saturated carbocycles. The minimum Gasteiger partial charge on any atom is -0.491 e. The van der Waals surface area contributed by atoms with Crippen molar-refractivity contribution in [3.63, 3.8) is 0 Å². The molecule has 8 nitrogen and oxygen atoms in total. The predicted molar refractivity (Wildman–Crippen MR) is 99.6 cm³/mol. The van der Waals surface area contributed by atoms with E-state index in [2.05, 4.69) is 20.3 Å². The van der Waals surface area contributed by atoms with Gasteiger partial charge in [0.2, 0.25) is 5.16 Å². The number of anilines is 2. The van der Waals surface area contributed by atoms with Gasteiger partial charge in [0.1, 0.15) is 23.6 Å². The highest BCUT2D eigenvalue weighted by atomic mass is 32.2. The second kappa shape index (κ2) is 8.07. The van der Waals surface area contributed by atoms with E-state index in [0.29, 0.717) is 41.4 Å². The summed E-state index contributed by atoms with van der Waals surface area (Å²) in [5.41, 5.74) is 0.814. The van der Waals surface area contributed by atoms with Gasteiger partial charge in [-0.3, -0.25) is 9.00 Å². The van der Waals surface area contributed by atoms with Gasteiger partial charge < -0.3 is 19.8 Å². The van der Waals surface area contributed by atoms with Gasteiger partial charge in [0.05, 0.1) is 22.9 Å². The summed E-state index contributed by atoms with van der Waals surface area (Å²) in [6.45, 7) is 0.966. The lowest BCUT2D eigenvalue weighted by atomic mass is 10.2. The van der Waals surface area contributed by atoms with Gasteiger partial charge in [0.15, 0.2) is 0 Å². The minimum absolute atomic E-state index is 0.158. The van der Waals surface area contributed by atoms with E-state index < -0.39 is 10.8 Å². The Morgan fingerprint density at radius 2 is 1.92 bits per heavy atom. The second-order valence-electron chi connectivity index (χ2n) is 5.37. The van der Waals surface area contributed by atoms with Gasteiger partial charge in [0, 0.05) is 25.2 Å². The van der Waals surface area contributed by atoms with E-state index in [4.69, 9.17) is 9.47 Å². The van der Waals surface area contributed by atoms with Gasteiger partial charge in [-0.05, 0) is 30.3 Å². The molecule has 1 aromatic carbocycles. The van der Waals surface area contributed by atoms with E-state index in [0.717, 1.165) is 0 Å². The topological polar surface area (TPSA) is 106 Å². The van der Waals surface area contributed by atoms with Crippen molar-refractivity contribution in [2.24, 2.45) is 0 Å². The Balaban J connectivity index is 1.92. The van der Waals surface area contributed by atoms with Gasteiger partial charge in [-0.25, -0.2) is 9.97 Å². The van der Waals surface area contributed by atoms with Crippen LogP contribution in [-0.2, 0) is 15.5 Å². The van der Waals surface area contributed by atoms with E-state index >= 15 is 0 Å². The first kappa shape index (κ1) is 18.0. The maximum Gasteiger partial charge on any atom is 0.261 e. The molecule has 0 fully saturated rings. The van der Waals surface area contributed by atoms with Gasteiger partial charge >= 0.3 is 0 Å². The zero-order chi connectivity index (χ0) is 18.5. The zero-order valence-corrected chi connectivity index (χ0v) is 15.1. The molecule has 0 spiro atoms. The second-order valence-corrected chi connectivity index (χ2v) is 6.64. The van der Waals surface area contributed by atoms with Crippen LogP contribution < -0.4 is 15.6 Å². The Morgan fingerprint density at radius 1 is 1.15 bits per heavy atom. The fraction of sp³-hybridized carbons (Fsp3) is 0.235. The fourth-order valence-corrected chi connectivity index (χ4v) is 2.75. The summed E-state index contributed by atoms with van der Waals surface area (Å²) in [5.74, 6) is 1.00. The van der Waals surface area contributed by atoms with Crippen molar-refractivity contribution in [3.05, 3.63) is 46.9 Å². The number of nitrogens with one attached hydrogen (secondary N) is 2. The molecule has 9 heteroatoms. The summed E-state index contributed by atoms with van der Waals surface area (Å²) in [7, 11) is 0.238. The number of pyridine rings is 1. The van der Waals surface area contributed by atoms with Crippen LogP contribution in [0.3, 0.4) is 0 Å². The Labute approximate surface area is 152 Å². The standard InChI is InChI=1S/C17H18N4O4S/c1-24-9-10-25-12-5-3-11(4-6-12)19-15-14-13(7-8-18-16(14)22)20-17(21-15)26(2)23/h3-8H,9-10H2,1-2H3,(H,18,22)(H,19,20,21). The number of hydrogen-bond acceptors (Lipinski definition) is 7. The fourth-order valence-electron chi connectivity index (χ4n) is 2.30. The van der Waals surface area contributed by atoms with Crippen molar-refractivity contribution >= 4 is 33.2 Å². The molecule has 26 heavy (non-hydrogen) atoms. The lowest BCUT2D eigenvalue weighted by Crippen LogP contribution is -2.11. The van der Waals surface area contributed by atoms with Crippen molar-refractivity contribution in [1.29, 1.82) is 0 Å². The van der Waals surface area contributed by atoms with E-state index in [-0.39, 0.29) is 10.7 Å². The number of fused-ring (bicyclic) bond motifs is 1. The molecule has 1 unspecified atom stereocenters. The van der Waals surface area contributed by atoms with Crippen LogP contribution in [-0.4, -0.2) is 45.7 Å². The van der Waals surface area contributed by atoms with Crippen molar-refractivity contribution in [2.45, 2.75) is 5.16 Å². The van der Waals surface area contributed by atoms with E-state index in [9.17, 15) is 9.00 Å². The highest BCUT2D eigenvalue weighted by Crippen LogP contribution is 2.23. The molecule has 0 saturated heterocycles. The van der Waals surface area contributed by atoms with Crippen LogP contribution in [0.25, 0.3) is 10.9 Å². The van der Waals surface area contributed by atoms with Crippen LogP contribution in [0.1, 0.15) is 0 Å². The van der Waals surface area contributed by atoms with Crippen molar-refractivity contribution < 1.29 is 13.7 Å². The molecule has 0 radical (unpaired) electrons. The number of benzene rings is 1. The highest BCUT2D eigenvalue weighted by molar-refractivity contribution is 7.84. The molecule has 3 rings (SSSR count). The van der Waals surface area contributed by atoms with Gasteiger partial charge in [-0.2, -0.15) is 0 Å². The van der Waals surface area contributed by atoms with E-state index in [1.165, 1.54) is 12.5 Å². The van der Waals surface area contributed by atoms with Gasteiger partial charge in [0.25, 0.3) is 5.56 Å². The Bertz CT molecular complexity index is 988. The number of H-pyrrole nitrogens is 1. The molecular formula is C17H18N4O4S. The van der Waals surface area contributed by atoms with Crippen LogP contribution in [0, 0.1) is 0 Å². The van der Waals surface area contributed by atoms with Crippen molar-refractivity contribution in [3.8, 4) is 5.75 Å². The first-order valence-corrected chi connectivity index (χ1v) is 9.36. The Morgan fingerprint density at radius 3 is 2.62 bits per heavy atom. The summed E-state index contributed by atoms with van der Waals surface area (Å²) in [6, 6.07) is 8.84. The number of aromatic nitrogens is 3. The molecular weight excluding hydrogens is 356 g/mol.